The Balaban J connectivity index is 1.58. The molecular formula is C15H19N3O3. The lowest BCUT2D eigenvalue weighted by atomic mass is 10.2. The predicted octanol–water partition coefficient (Wildman–Crippen LogP) is 0.702. The van der Waals surface area contributed by atoms with Gasteiger partial charge < -0.3 is 14.6 Å². The van der Waals surface area contributed by atoms with Gasteiger partial charge in [-0.1, -0.05) is 12.1 Å². The largest absolute Gasteiger partial charge is 0.474 e. The molecule has 0 radical (unpaired) electrons. The average Bonchev–Trinajstić information content (AvgIpc) is 2.54. The monoisotopic (exact) mass is 289 g/mol. The molecule has 112 valence electrons. The Bertz CT molecular complexity index is 582. The smallest absolute Gasteiger partial charge is 0.224 e. The summed E-state index contributed by atoms with van der Waals surface area (Å²) in [5.74, 6) is 0.515. The zero-order valence-electron chi connectivity index (χ0n) is 11.8. The van der Waals surface area contributed by atoms with Crippen LogP contribution in [0, 0.1) is 0 Å². The Morgan fingerprint density at radius 3 is 2.90 bits per heavy atom. The SMILES string of the molecule is OC(COc1ncnc2ccccc12)CN1CCOCC1. The van der Waals surface area contributed by atoms with E-state index >= 15 is 0 Å². The number of aliphatic hydroxyl groups is 1. The summed E-state index contributed by atoms with van der Waals surface area (Å²) in [6.07, 6.45) is 0.934. The van der Waals surface area contributed by atoms with E-state index < -0.39 is 6.10 Å². The van der Waals surface area contributed by atoms with Gasteiger partial charge in [0.1, 0.15) is 19.0 Å². The van der Waals surface area contributed by atoms with Crippen LogP contribution in [-0.4, -0.2) is 65.5 Å². The molecule has 1 N–H and O–H groups in total. The molecule has 1 unspecified atom stereocenters. The van der Waals surface area contributed by atoms with Gasteiger partial charge >= 0.3 is 0 Å². The molecule has 1 aliphatic rings. The van der Waals surface area contributed by atoms with Gasteiger partial charge in [0.15, 0.2) is 0 Å². The van der Waals surface area contributed by atoms with Gasteiger partial charge in [0.25, 0.3) is 0 Å². The van der Waals surface area contributed by atoms with Crippen molar-refractivity contribution in [2.75, 3.05) is 39.5 Å². The Morgan fingerprint density at radius 2 is 2.05 bits per heavy atom. The maximum absolute atomic E-state index is 10.1. The van der Waals surface area contributed by atoms with Crippen molar-refractivity contribution in [2.24, 2.45) is 0 Å². The van der Waals surface area contributed by atoms with Gasteiger partial charge in [-0.3, -0.25) is 4.90 Å². The first-order valence-electron chi connectivity index (χ1n) is 7.13. The fraction of sp³-hybridized carbons (Fsp3) is 0.467. The molecular weight excluding hydrogens is 270 g/mol. The van der Waals surface area contributed by atoms with E-state index in [-0.39, 0.29) is 6.61 Å². The van der Waals surface area contributed by atoms with Crippen LogP contribution in [0.5, 0.6) is 5.88 Å². The summed E-state index contributed by atoms with van der Waals surface area (Å²) in [6, 6.07) is 7.67. The minimum Gasteiger partial charge on any atom is -0.474 e. The zero-order chi connectivity index (χ0) is 14.5. The highest BCUT2D eigenvalue weighted by Gasteiger charge is 2.16. The molecule has 1 aromatic carbocycles. The summed E-state index contributed by atoms with van der Waals surface area (Å²) in [4.78, 5) is 10.5. The van der Waals surface area contributed by atoms with Gasteiger partial charge in [-0.25, -0.2) is 9.97 Å². The van der Waals surface area contributed by atoms with Crippen LogP contribution in [0.1, 0.15) is 0 Å². The van der Waals surface area contributed by atoms with Gasteiger partial charge in [-0.2, -0.15) is 0 Å². The average molecular weight is 289 g/mol. The van der Waals surface area contributed by atoms with Crippen molar-refractivity contribution in [1.29, 1.82) is 0 Å². The van der Waals surface area contributed by atoms with Crippen LogP contribution in [0.3, 0.4) is 0 Å². The number of β-amino-alcohol motifs (C(OH)–C–C–N with tert-alkyl or cyclic N) is 1. The summed E-state index contributed by atoms with van der Waals surface area (Å²) in [5, 5.41) is 10.9. The molecule has 2 aromatic rings. The summed E-state index contributed by atoms with van der Waals surface area (Å²) in [5.41, 5.74) is 0.838. The van der Waals surface area contributed by atoms with Crippen molar-refractivity contribution in [3.05, 3.63) is 30.6 Å². The Hall–Kier alpha value is -1.76. The standard InChI is InChI=1S/C15H19N3O3/c19-12(9-18-5-7-20-8-6-18)10-21-15-13-3-1-2-4-14(13)16-11-17-15/h1-4,11-12,19H,5-10H2. The number of aromatic nitrogens is 2. The number of morpholine rings is 1. The summed E-state index contributed by atoms with van der Waals surface area (Å²) in [6.45, 7) is 3.97. The van der Waals surface area contributed by atoms with Gasteiger partial charge in [-0.05, 0) is 12.1 Å². The fourth-order valence-corrected chi connectivity index (χ4v) is 2.40. The molecule has 0 amide bonds. The maximum atomic E-state index is 10.1. The first-order valence-corrected chi connectivity index (χ1v) is 7.13. The van der Waals surface area contributed by atoms with E-state index in [0.717, 1.165) is 37.2 Å². The molecule has 0 spiro atoms. The lowest BCUT2D eigenvalue weighted by Crippen LogP contribution is -2.42. The molecule has 0 bridgehead atoms. The predicted molar refractivity (Wildman–Crippen MR) is 78.3 cm³/mol. The molecule has 1 atom stereocenters. The molecule has 0 aliphatic carbocycles. The van der Waals surface area contributed by atoms with Crippen LogP contribution in [0.4, 0.5) is 0 Å². The number of aliphatic hydroxyl groups excluding tert-OH is 1. The first-order chi connectivity index (χ1) is 10.3. The highest BCUT2D eigenvalue weighted by molar-refractivity contribution is 5.82. The highest BCUT2D eigenvalue weighted by Crippen LogP contribution is 2.20. The number of ether oxygens (including phenoxy) is 2. The first kappa shape index (κ1) is 14.2. The number of hydrogen-bond donors (Lipinski definition) is 1. The number of benzene rings is 1. The highest BCUT2D eigenvalue weighted by atomic mass is 16.5. The molecule has 2 heterocycles. The van der Waals surface area contributed by atoms with E-state index in [1.807, 2.05) is 24.3 Å². The Kier molecular flexibility index (Phi) is 4.59. The molecule has 1 aliphatic heterocycles. The molecule has 1 aromatic heterocycles. The molecule has 3 rings (SSSR count). The third kappa shape index (κ3) is 3.66. The van der Waals surface area contributed by atoms with E-state index in [0.29, 0.717) is 12.4 Å². The van der Waals surface area contributed by atoms with Crippen molar-refractivity contribution in [3.8, 4) is 5.88 Å². The van der Waals surface area contributed by atoms with Gasteiger partial charge in [-0.15, -0.1) is 0 Å². The topological polar surface area (TPSA) is 67.7 Å². The molecule has 6 heteroatoms. The Morgan fingerprint density at radius 1 is 1.24 bits per heavy atom. The number of para-hydroxylation sites is 1. The van der Waals surface area contributed by atoms with E-state index in [1.54, 1.807) is 0 Å². The van der Waals surface area contributed by atoms with Crippen LogP contribution in [-0.2, 0) is 4.74 Å². The second-order valence-electron chi connectivity index (χ2n) is 5.07. The van der Waals surface area contributed by atoms with E-state index in [2.05, 4.69) is 14.9 Å². The third-order valence-corrected chi connectivity index (χ3v) is 3.49. The van der Waals surface area contributed by atoms with Crippen LogP contribution in [0.2, 0.25) is 0 Å². The van der Waals surface area contributed by atoms with Crippen LogP contribution in [0.15, 0.2) is 30.6 Å². The van der Waals surface area contributed by atoms with E-state index in [4.69, 9.17) is 9.47 Å². The fourth-order valence-electron chi connectivity index (χ4n) is 2.40. The molecule has 1 saturated heterocycles. The van der Waals surface area contributed by atoms with Crippen LogP contribution < -0.4 is 4.74 Å². The van der Waals surface area contributed by atoms with Crippen molar-refractivity contribution >= 4 is 10.9 Å². The third-order valence-electron chi connectivity index (χ3n) is 3.49. The Labute approximate surface area is 123 Å². The number of nitrogens with zero attached hydrogens (tertiary/aromatic N) is 3. The molecule has 0 saturated carbocycles. The van der Waals surface area contributed by atoms with Gasteiger partial charge in [0, 0.05) is 19.6 Å². The molecule has 6 nitrogen and oxygen atoms in total. The van der Waals surface area contributed by atoms with Crippen molar-refractivity contribution < 1.29 is 14.6 Å². The summed E-state index contributed by atoms with van der Waals surface area (Å²) >= 11 is 0. The van der Waals surface area contributed by atoms with Crippen molar-refractivity contribution in [2.45, 2.75) is 6.10 Å². The zero-order valence-corrected chi connectivity index (χ0v) is 11.8. The van der Waals surface area contributed by atoms with Gasteiger partial charge in [0.2, 0.25) is 5.88 Å². The second kappa shape index (κ2) is 6.80. The van der Waals surface area contributed by atoms with Gasteiger partial charge in [0.05, 0.1) is 24.1 Å². The molecule has 1 fully saturated rings. The lowest BCUT2D eigenvalue weighted by Gasteiger charge is -2.28. The minimum atomic E-state index is -0.545. The minimum absolute atomic E-state index is 0.221. The van der Waals surface area contributed by atoms with E-state index in [1.165, 1.54) is 6.33 Å². The van der Waals surface area contributed by atoms with Crippen LogP contribution in [0.25, 0.3) is 10.9 Å². The van der Waals surface area contributed by atoms with Crippen LogP contribution >= 0.6 is 0 Å². The number of hydrogen-bond acceptors (Lipinski definition) is 6. The lowest BCUT2D eigenvalue weighted by molar-refractivity contribution is 0.00438. The number of rotatable bonds is 5. The summed E-state index contributed by atoms with van der Waals surface area (Å²) < 4.78 is 11.0. The van der Waals surface area contributed by atoms with Crippen molar-refractivity contribution in [3.63, 3.8) is 0 Å². The van der Waals surface area contributed by atoms with Crippen molar-refractivity contribution in [1.82, 2.24) is 14.9 Å². The summed E-state index contributed by atoms with van der Waals surface area (Å²) in [7, 11) is 0. The normalized spacial score (nSPS) is 17.8. The number of fused-ring (bicyclic) bond motifs is 1. The maximum Gasteiger partial charge on any atom is 0.224 e. The second-order valence-corrected chi connectivity index (χ2v) is 5.07. The quantitative estimate of drug-likeness (QED) is 0.874. The van der Waals surface area contributed by atoms with E-state index in [9.17, 15) is 5.11 Å². The molecule has 21 heavy (non-hydrogen) atoms.